The van der Waals surface area contributed by atoms with E-state index in [-0.39, 0.29) is 42.4 Å². The lowest BCUT2D eigenvalue weighted by Gasteiger charge is -2.21. The van der Waals surface area contributed by atoms with Gasteiger partial charge in [-0.05, 0) is 49.1 Å². The summed E-state index contributed by atoms with van der Waals surface area (Å²) in [5.74, 6) is -0.277. The second-order valence-electron chi connectivity index (χ2n) is 5.86. The summed E-state index contributed by atoms with van der Waals surface area (Å²) in [7, 11) is -3.99. The molecular weight excluding hydrogens is 402 g/mol. The molecule has 1 N–H and O–H groups in total. The van der Waals surface area contributed by atoms with Crippen molar-refractivity contribution in [3.05, 3.63) is 47.3 Å². The first kappa shape index (κ1) is 22.1. The predicted molar refractivity (Wildman–Crippen MR) is 106 cm³/mol. The van der Waals surface area contributed by atoms with Crippen LogP contribution in [0.2, 0.25) is 0 Å². The van der Waals surface area contributed by atoms with Crippen molar-refractivity contribution < 1.29 is 27.9 Å². The first-order chi connectivity index (χ1) is 13.4. The van der Waals surface area contributed by atoms with Gasteiger partial charge in [0.15, 0.2) is 5.78 Å². The topological polar surface area (TPSA) is 101 Å². The highest BCUT2D eigenvalue weighted by molar-refractivity contribution is 7.91. The molecule has 1 heterocycles. The maximum atomic E-state index is 12.7. The molecule has 9 heteroatoms. The third-order valence-corrected chi connectivity index (χ3v) is 7.08. The molecule has 1 aromatic heterocycles. The molecule has 2 rings (SSSR count). The van der Waals surface area contributed by atoms with Gasteiger partial charge in [-0.1, -0.05) is 6.07 Å². The molecule has 7 nitrogen and oxygen atoms in total. The molecule has 152 valence electrons. The zero-order valence-electron chi connectivity index (χ0n) is 15.5. The van der Waals surface area contributed by atoms with E-state index in [0.29, 0.717) is 17.9 Å². The second-order valence-corrected chi connectivity index (χ2v) is 8.90. The molecule has 0 unspecified atom stereocenters. The first-order valence-electron chi connectivity index (χ1n) is 8.86. The summed E-state index contributed by atoms with van der Waals surface area (Å²) < 4.78 is 31.5. The standard InChI is InChI=1S/C19H23NO6S2/c1-2-26-16-8-6-15(7-9-16)17(22)10-11-18(23)20(12-4-13-21)28(24,25)19-5-3-14-27-19/h3,5-9,14,21H,2,4,10-13H2,1H3. The number of hydrogen-bond donors (Lipinski definition) is 1. The van der Waals surface area contributed by atoms with Crippen LogP contribution in [0.3, 0.4) is 0 Å². The Kier molecular flexibility index (Phi) is 8.16. The number of rotatable bonds is 11. The van der Waals surface area contributed by atoms with Crippen molar-refractivity contribution in [2.45, 2.75) is 30.4 Å². The molecule has 28 heavy (non-hydrogen) atoms. The van der Waals surface area contributed by atoms with Crippen LogP contribution in [-0.4, -0.2) is 49.3 Å². The van der Waals surface area contributed by atoms with Crippen LogP contribution in [0.4, 0.5) is 0 Å². The van der Waals surface area contributed by atoms with Gasteiger partial charge in [0.1, 0.15) is 9.96 Å². The Balaban J connectivity index is 2.05. The zero-order valence-corrected chi connectivity index (χ0v) is 17.2. The van der Waals surface area contributed by atoms with Gasteiger partial charge >= 0.3 is 0 Å². The summed E-state index contributed by atoms with van der Waals surface area (Å²) in [6, 6.07) is 9.58. The fraction of sp³-hybridized carbons (Fsp3) is 0.368. The molecule has 0 fully saturated rings. The van der Waals surface area contributed by atoms with Crippen LogP contribution in [0.15, 0.2) is 46.0 Å². The minimum Gasteiger partial charge on any atom is -0.494 e. The van der Waals surface area contributed by atoms with Crippen LogP contribution in [-0.2, 0) is 14.8 Å². The van der Waals surface area contributed by atoms with E-state index in [1.807, 2.05) is 6.92 Å². The lowest BCUT2D eigenvalue weighted by atomic mass is 10.1. The number of amides is 1. The molecule has 0 aliphatic carbocycles. The van der Waals surface area contributed by atoms with E-state index in [1.54, 1.807) is 35.7 Å². The molecule has 0 saturated heterocycles. The average molecular weight is 426 g/mol. The quantitative estimate of drug-likeness (QED) is 0.556. The van der Waals surface area contributed by atoms with Gasteiger partial charge in [0.05, 0.1) is 6.61 Å². The van der Waals surface area contributed by atoms with Crippen LogP contribution in [0, 0.1) is 0 Å². The lowest BCUT2D eigenvalue weighted by molar-refractivity contribution is -0.126. The number of carbonyl (C=O) groups is 2. The first-order valence-corrected chi connectivity index (χ1v) is 11.2. The Morgan fingerprint density at radius 1 is 1.14 bits per heavy atom. The maximum Gasteiger partial charge on any atom is 0.275 e. The number of aliphatic hydroxyl groups is 1. The molecule has 0 atom stereocenters. The lowest BCUT2D eigenvalue weighted by Crippen LogP contribution is -2.37. The predicted octanol–water partition coefficient (Wildman–Crippen LogP) is 2.71. The Morgan fingerprint density at radius 2 is 1.86 bits per heavy atom. The fourth-order valence-electron chi connectivity index (χ4n) is 2.51. The monoisotopic (exact) mass is 425 g/mol. The molecule has 2 aromatic rings. The summed E-state index contributed by atoms with van der Waals surface area (Å²) in [4.78, 5) is 24.9. The molecule has 1 aromatic carbocycles. The van der Waals surface area contributed by atoms with Gasteiger partial charge in [-0.3, -0.25) is 9.59 Å². The Labute approximate surface area is 168 Å². The molecule has 1 amide bonds. The number of ketones is 1. The van der Waals surface area contributed by atoms with Gasteiger partial charge < -0.3 is 9.84 Å². The van der Waals surface area contributed by atoms with Crippen LogP contribution in [0.25, 0.3) is 0 Å². The minimum absolute atomic E-state index is 0.0524. The highest BCUT2D eigenvalue weighted by atomic mass is 32.2. The smallest absolute Gasteiger partial charge is 0.275 e. The van der Waals surface area contributed by atoms with Crippen molar-refractivity contribution in [3.63, 3.8) is 0 Å². The maximum absolute atomic E-state index is 12.7. The zero-order chi connectivity index (χ0) is 20.6. The Bertz CT molecular complexity index is 876. The van der Waals surface area contributed by atoms with Gasteiger partial charge in [-0.15, -0.1) is 11.3 Å². The van der Waals surface area contributed by atoms with E-state index < -0.39 is 15.9 Å². The van der Waals surface area contributed by atoms with Crippen LogP contribution >= 0.6 is 11.3 Å². The Morgan fingerprint density at radius 3 is 2.43 bits per heavy atom. The number of thiophene rings is 1. The summed E-state index contributed by atoms with van der Waals surface area (Å²) in [5, 5.41) is 10.6. The SMILES string of the molecule is CCOc1ccc(C(=O)CCC(=O)N(CCCO)S(=O)(=O)c2cccs2)cc1. The molecular formula is C19H23NO6S2. The van der Waals surface area contributed by atoms with E-state index in [9.17, 15) is 18.0 Å². The number of aliphatic hydroxyl groups excluding tert-OH is 1. The van der Waals surface area contributed by atoms with Gasteiger partial charge in [-0.25, -0.2) is 12.7 Å². The molecule has 0 saturated carbocycles. The molecule has 0 bridgehead atoms. The highest BCUT2D eigenvalue weighted by Crippen LogP contribution is 2.22. The third-order valence-electron chi connectivity index (χ3n) is 3.89. The number of nitrogens with zero attached hydrogens (tertiary/aromatic N) is 1. The van der Waals surface area contributed by atoms with Crippen LogP contribution in [0.1, 0.15) is 36.5 Å². The highest BCUT2D eigenvalue weighted by Gasteiger charge is 2.29. The van der Waals surface area contributed by atoms with E-state index in [0.717, 1.165) is 15.6 Å². The van der Waals surface area contributed by atoms with E-state index >= 15 is 0 Å². The van der Waals surface area contributed by atoms with E-state index in [1.165, 1.54) is 6.07 Å². The minimum atomic E-state index is -3.99. The van der Waals surface area contributed by atoms with Crippen molar-refractivity contribution in [2.75, 3.05) is 19.8 Å². The average Bonchev–Trinajstić information content (AvgIpc) is 3.23. The summed E-state index contributed by atoms with van der Waals surface area (Å²) >= 11 is 1.01. The molecule has 0 radical (unpaired) electrons. The Hall–Kier alpha value is -2.23. The van der Waals surface area contributed by atoms with Gasteiger partial charge in [-0.2, -0.15) is 0 Å². The number of Topliss-reactive ketones (excluding diaryl/α,β-unsaturated/α-hetero) is 1. The number of carbonyl (C=O) groups excluding carboxylic acids is 2. The number of hydrogen-bond acceptors (Lipinski definition) is 7. The van der Waals surface area contributed by atoms with Crippen molar-refractivity contribution in [1.82, 2.24) is 4.31 Å². The summed E-state index contributed by atoms with van der Waals surface area (Å²) in [6.45, 7) is 2.00. The van der Waals surface area contributed by atoms with Crippen LogP contribution in [0.5, 0.6) is 5.75 Å². The normalized spacial score (nSPS) is 11.2. The van der Waals surface area contributed by atoms with Gasteiger partial charge in [0.25, 0.3) is 10.0 Å². The summed E-state index contributed by atoms with van der Waals surface area (Å²) in [6.07, 6.45) is -0.215. The van der Waals surface area contributed by atoms with Crippen molar-refractivity contribution in [3.8, 4) is 5.75 Å². The van der Waals surface area contributed by atoms with Crippen molar-refractivity contribution >= 4 is 33.1 Å². The second kappa shape index (κ2) is 10.4. The molecule has 0 spiro atoms. The largest absolute Gasteiger partial charge is 0.494 e. The van der Waals surface area contributed by atoms with Crippen molar-refractivity contribution in [1.29, 1.82) is 0 Å². The number of benzene rings is 1. The van der Waals surface area contributed by atoms with Gasteiger partial charge in [0.2, 0.25) is 5.91 Å². The molecule has 0 aliphatic rings. The van der Waals surface area contributed by atoms with Crippen LogP contribution < -0.4 is 4.74 Å². The third kappa shape index (κ3) is 5.63. The number of ether oxygens (including phenoxy) is 1. The number of sulfonamides is 1. The summed E-state index contributed by atoms with van der Waals surface area (Å²) in [5.41, 5.74) is 0.430. The van der Waals surface area contributed by atoms with Crippen molar-refractivity contribution in [2.24, 2.45) is 0 Å². The fourth-order valence-corrected chi connectivity index (χ4v) is 5.07. The van der Waals surface area contributed by atoms with Gasteiger partial charge in [0, 0.05) is 31.6 Å². The van der Waals surface area contributed by atoms with E-state index in [2.05, 4.69) is 0 Å². The molecule has 0 aliphatic heterocycles. The van der Waals surface area contributed by atoms with E-state index in [4.69, 9.17) is 9.84 Å².